The Morgan fingerprint density at radius 2 is 2.14 bits per heavy atom. The molecule has 0 aromatic carbocycles. The van der Waals surface area contributed by atoms with Crippen molar-refractivity contribution < 1.29 is 13.9 Å². The largest absolute Gasteiger partial charge is 0.440 e. The van der Waals surface area contributed by atoms with Crippen molar-refractivity contribution >= 4 is 5.97 Å². The van der Waals surface area contributed by atoms with Crippen LogP contribution in [0.4, 0.5) is 0 Å². The summed E-state index contributed by atoms with van der Waals surface area (Å²) in [4.78, 5) is 16.4. The van der Waals surface area contributed by atoms with Crippen LogP contribution in [0.15, 0.2) is 29.2 Å². The number of oxazole rings is 1. The number of carbonyl (C=O) groups excluding carboxylic acids is 1. The number of hydrogen-bond donors (Lipinski definition) is 0. The van der Waals surface area contributed by atoms with E-state index in [2.05, 4.69) is 15.2 Å². The monoisotopic (exact) mass is 301 g/mol. The summed E-state index contributed by atoms with van der Waals surface area (Å²) in [5, 5.41) is 8.09. The highest BCUT2D eigenvalue weighted by Gasteiger charge is 2.21. The van der Waals surface area contributed by atoms with Crippen LogP contribution < -0.4 is 4.74 Å². The average Bonchev–Trinajstić information content (AvgIpc) is 3.18. The molecule has 0 fully saturated rings. The predicted molar refractivity (Wildman–Crippen MR) is 76.3 cm³/mol. The molecule has 0 spiro atoms. The van der Waals surface area contributed by atoms with Crippen LogP contribution >= 0.6 is 0 Å². The first kappa shape index (κ1) is 14.1. The van der Waals surface area contributed by atoms with Crippen LogP contribution in [0.1, 0.15) is 23.2 Å². The summed E-state index contributed by atoms with van der Waals surface area (Å²) in [6.07, 6.45) is 6.51. The van der Waals surface area contributed by atoms with Crippen LogP contribution in [0.3, 0.4) is 0 Å². The summed E-state index contributed by atoms with van der Waals surface area (Å²) in [6.45, 7) is 4.31. The van der Waals surface area contributed by atoms with Crippen molar-refractivity contribution in [2.75, 3.05) is 0 Å². The van der Waals surface area contributed by atoms with E-state index in [1.807, 2.05) is 6.92 Å². The number of aryl methyl sites for hydroxylation is 3. The molecule has 0 unspecified atom stereocenters. The molecule has 0 N–H and O–H groups in total. The molecule has 3 heterocycles. The molecule has 0 aliphatic rings. The highest BCUT2D eigenvalue weighted by molar-refractivity contribution is 5.90. The molecule has 3 rings (SSSR count). The summed E-state index contributed by atoms with van der Waals surface area (Å²) < 4.78 is 14.1. The fourth-order valence-corrected chi connectivity index (χ4v) is 1.97. The van der Waals surface area contributed by atoms with Crippen molar-refractivity contribution in [3.63, 3.8) is 0 Å². The van der Waals surface area contributed by atoms with Crippen LogP contribution in [0.2, 0.25) is 0 Å². The topological polar surface area (TPSA) is 88.0 Å². The van der Waals surface area contributed by atoms with Gasteiger partial charge in [-0.1, -0.05) is 0 Å². The van der Waals surface area contributed by atoms with Gasteiger partial charge in [0.2, 0.25) is 5.89 Å². The second-order valence-corrected chi connectivity index (χ2v) is 4.75. The Bertz CT molecular complexity index is 814. The number of hydrogen-bond acceptors (Lipinski definition) is 6. The van der Waals surface area contributed by atoms with Gasteiger partial charge >= 0.3 is 5.97 Å². The Hall–Kier alpha value is -2.90. The Kier molecular flexibility index (Phi) is 3.50. The standard InChI is InChI=1S/C14H15N5O3/c1-4-19-8-11(6-16-19)22-14(20)12-9(2)21-13(17-12)10-5-15-18(3)7-10/h5-8H,4H2,1-3H3. The third-order valence-electron chi connectivity index (χ3n) is 3.09. The molecule has 3 aromatic rings. The minimum atomic E-state index is -0.577. The molecule has 0 aliphatic carbocycles. The molecule has 0 saturated carbocycles. The van der Waals surface area contributed by atoms with E-state index in [-0.39, 0.29) is 5.69 Å². The number of ether oxygens (including phenoxy) is 1. The average molecular weight is 301 g/mol. The van der Waals surface area contributed by atoms with E-state index in [9.17, 15) is 4.79 Å². The Balaban J connectivity index is 1.82. The summed E-state index contributed by atoms with van der Waals surface area (Å²) in [7, 11) is 1.79. The lowest BCUT2D eigenvalue weighted by molar-refractivity contribution is 0.0727. The molecule has 0 bridgehead atoms. The molecule has 0 amide bonds. The molecule has 0 saturated heterocycles. The van der Waals surface area contributed by atoms with E-state index in [4.69, 9.17) is 9.15 Å². The van der Waals surface area contributed by atoms with Gasteiger partial charge in [-0.2, -0.15) is 10.2 Å². The third-order valence-corrected chi connectivity index (χ3v) is 3.09. The van der Waals surface area contributed by atoms with E-state index in [0.717, 1.165) is 0 Å². The van der Waals surface area contributed by atoms with E-state index in [0.29, 0.717) is 29.5 Å². The predicted octanol–water partition coefficient (Wildman–Crippen LogP) is 1.82. The molecule has 22 heavy (non-hydrogen) atoms. The van der Waals surface area contributed by atoms with Gasteiger partial charge in [0, 0.05) is 19.8 Å². The Morgan fingerprint density at radius 1 is 1.32 bits per heavy atom. The van der Waals surface area contributed by atoms with Crippen LogP contribution in [-0.4, -0.2) is 30.5 Å². The fraction of sp³-hybridized carbons (Fsp3) is 0.286. The molecule has 8 nitrogen and oxygen atoms in total. The molecule has 0 radical (unpaired) electrons. The highest BCUT2D eigenvalue weighted by atomic mass is 16.5. The van der Waals surface area contributed by atoms with Gasteiger partial charge in [-0.3, -0.25) is 9.36 Å². The molecule has 8 heteroatoms. The zero-order valence-electron chi connectivity index (χ0n) is 12.5. The number of nitrogens with zero attached hydrogens (tertiary/aromatic N) is 5. The molecular formula is C14H15N5O3. The highest BCUT2D eigenvalue weighted by Crippen LogP contribution is 2.22. The lowest BCUT2D eigenvalue weighted by Gasteiger charge is -1.98. The molecule has 3 aromatic heterocycles. The minimum absolute atomic E-state index is 0.142. The van der Waals surface area contributed by atoms with Gasteiger partial charge in [-0.15, -0.1) is 0 Å². The van der Waals surface area contributed by atoms with Crippen LogP contribution in [0, 0.1) is 6.92 Å². The van der Waals surface area contributed by atoms with E-state index >= 15 is 0 Å². The van der Waals surface area contributed by atoms with Gasteiger partial charge in [0.25, 0.3) is 0 Å². The first-order valence-electron chi connectivity index (χ1n) is 6.78. The Labute approximate surface area is 126 Å². The second kappa shape index (κ2) is 5.47. The minimum Gasteiger partial charge on any atom is -0.440 e. The van der Waals surface area contributed by atoms with E-state index < -0.39 is 5.97 Å². The van der Waals surface area contributed by atoms with Gasteiger partial charge in [0.05, 0.1) is 24.2 Å². The molecular weight excluding hydrogens is 286 g/mol. The van der Waals surface area contributed by atoms with E-state index in [1.165, 1.54) is 6.20 Å². The molecule has 0 atom stereocenters. The van der Waals surface area contributed by atoms with Crippen LogP contribution in [-0.2, 0) is 13.6 Å². The molecule has 114 valence electrons. The molecule has 0 aliphatic heterocycles. The van der Waals surface area contributed by atoms with Crippen molar-refractivity contribution in [2.24, 2.45) is 7.05 Å². The maximum atomic E-state index is 12.2. The zero-order chi connectivity index (χ0) is 15.7. The van der Waals surface area contributed by atoms with Gasteiger partial charge in [-0.25, -0.2) is 9.78 Å². The summed E-state index contributed by atoms with van der Waals surface area (Å²) in [5.41, 5.74) is 0.839. The normalized spacial score (nSPS) is 10.9. The third kappa shape index (κ3) is 2.62. The fourth-order valence-electron chi connectivity index (χ4n) is 1.97. The first-order valence-corrected chi connectivity index (χ1v) is 6.78. The van der Waals surface area contributed by atoms with Crippen molar-refractivity contribution in [1.29, 1.82) is 0 Å². The zero-order valence-corrected chi connectivity index (χ0v) is 12.5. The summed E-state index contributed by atoms with van der Waals surface area (Å²) in [6, 6.07) is 0. The Morgan fingerprint density at radius 3 is 2.77 bits per heavy atom. The number of carbonyl (C=O) groups is 1. The van der Waals surface area contributed by atoms with Crippen molar-refractivity contribution in [2.45, 2.75) is 20.4 Å². The van der Waals surface area contributed by atoms with Gasteiger partial charge < -0.3 is 9.15 Å². The van der Waals surface area contributed by atoms with E-state index in [1.54, 1.807) is 41.9 Å². The lowest BCUT2D eigenvalue weighted by atomic mass is 10.3. The first-order chi connectivity index (χ1) is 10.6. The van der Waals surface area contributed by atoms with Crippen molar-refractivity contribution in [1.82, 2.24) is 24.5 Å². The quantitative estimate of drug-likeness (QED) is 0.683. The lowest BCUT2D eigenvalue weighted by Crippen LogP contribution is -2.10. The number of aromatic nitrogens is 5. The number of esters is 1. The van der Waals surface area contributed by atoms with Crippen LogP contribution in [0.5, 0.6) is 5.75 Å². The maximum Gasteiger partial charge on any atom is 0.366 e. The van der Waals surface area contributed by atoms with Gasteiger partial charge in [-0.05, 0) is 13.8 Å². The maximum absolute atomic E-state index is 12.2. The van der Waals surface area contributed by atoms with Gasteiger partial charge in [0.1, 0.15) is 5.76 Å². The van der Waals surface area contributed by atoms with Gasteiger partial charge in [0.15, 0.2) is 11.4 Å². The van der Waals surface area contributed by atoms with Crippen molar-refractivity contribution in [3.05, 3.63) is 36.2 Å². The second-order valence-electron chi connectivity index (χ2n) is 4.75. The summed E-state index contributed by atoms with van der Waals surface area (Å²) >= 11 is 0. The number of rotatable bonds is 4. The van der Waals surface area contributed by atoms with Crippen LogP contribution in [0.25, 0.3) is 11.5 Å². The smallest absolute Gasteiger partial charge is 0.366 e. The SMILES string of the molecule is CCn1cc(OC(=O)c2nc(-c3cnn(C)c3)oc2C)cn1. The van der Waals surface area contributed by atoms with Crippen molar-refractivity contribution in [3.8, 4) is 17.2 Å². The summed E-state index contributed by atoms with van der Waals surface area (Å²) in [5.74, 6) is 0.526.